The number of amides is 1. The summed E-state index contributed by atoms with van der Waals surface area (Å²) in [6.07, 6.45) is 0.644. The summed E-state index contributed by atoms with van der Waals surface area (Å²) in [6.45, 7) is 1.86. The number of alkyl halides is 1. The number of carbonyl (C=O) groups is 2. The molecule has 1 aromatic rings. The van der Waals surface area contributed by atoms with Crippen molar-refractivity contribution in [3.05, 3.63) is 28.8 Å². The molecule has 1 aromatic carbocycles. The smallest absolute Gasteiger partial charge is 0.337 e. The Balaban J connectivity index is 2.90. The second-order valence-corrected chi connectivity index (χ2v) is 4.88. The first-order chi connectivity index (χ1) is 7.95. The molecule has 0 aliphatic rings. The van der Waals surface area contributed by atoms with E-state index in [1.165, 1.54) is 12.1 Å². The Hall–Kier alpha value is -1.07. The molecule has 0 saturated carbocycles. The lowest BCUT2D eigenvalue weighted by Crippen LogP contribution is -2.22. The van der Waals surface area contributed by atoms with Crippen molar-refractivity contribution in [1.29, 1.82) is 0 Å². The zero-order valence-corrected chi connectivity index (χ0v) is 11.4. The van der Waals surface area contributed by atoms with Gasteiger partial charge in [0, 0.05) is 5.69 Å². The lowest BCUT2D eigenvalue weighted by molar-refractivity contribution is -0.115. The third-order valence-electron chi connectivity index (χ3n) is 2.11. The maximum atomic E-state index is 11.6. The van der Waals surface area contributed by atoms with Crippen LogP contribution >= 0.6 is 27.5 Å². The Bertz CT molecular complexity index is 450. The van der Waals surface area contributed by atoms with Crippen LogP contribution in [0.2, 0.25) is 5.02 Å². The van der Waals surface area contributed by atoms with Gasteiger partial charge < -0.3 is 10.4 Å². The second kappa shape index (κ2) is 6.02. The molecule has 17 heavy (non-hydrogen) atoms. The average molecular weight is 321 g/mol. The minimum atomic E-state index is -1.13. The van der Waals surface area contributed by atoms with Crippen molar-refractivity contribution in [2.24, 2.45) is 0 Å². The molecule has 0 fully saturated rings. The number of anilines is 1. The summed E-state index contributed by atoms with van der Waals surface area (Å²) in [7, 11) is 0. The number of halogens is 2. The van der Waals surface area contributed by atoms with Crippen LogP contribution in [0, 0.1) is 0 Å². The highest BCUT2D eigenvalue weighted by Gasteiger charge is 2.14. The quantitative estimate of drug-likeness (QED) is 0.838. The molecule has 1 atom stereocenters. The number of hydrogen-bond donors (Lipinski definition) is 2. The van der Waals surface area contributed by atoms with Gasteiger partial charge >= 0.3 is 5.97 Å². The van der Waals surface area contributed by atoms with Gasteiger partial charge in [-0.2, -0.15) is 0 Å². The van der Waals surface area contributed by atoms with Crippen LogP contribution in [0.15, 0.2) is 18.2 Å². The van der Waals surface area contributed by atoms with Crippen molar-refractivity contribution in [3.63, 3.8) is 0 Å². The van der Waals surface area contributed by atoms with E-state index in [9.17, 15) is 9.59 Å². The van der Waals surface area contributed by atoms with Gasteiger partial charge in [-0.3, -0.25) is 4.79 Å². The minimum absolute atomic E-state index is 0.0351. The zero-order chi connectivity index (χ0) is 13.0. The molecule has 6 heteroatoms. The van der Waals surface area contributed by atoms with Gasteiger partial charge in [0.25, 0.3) is 0 Å². The van der Waals surface area contributed by atoms with Crippen molar-refractivity contribution < 1.29 is 14.7 Å². The van der Waals surface area contributed by atoms with Crippen LogP contribution in [0.25, 0.3) is 0 Å². The Morgan fingerprint density at radius 2 is 2.18 bits per heavy atom. The summed E-state index contributed by atoms with van der Waals surface area (Å²) in [6, 6.07) is 4.33. The molecule has 0 heterocycles. The molecule has 0 saturated heterocycles. The van der Waals surface area contributed by atoms with E-state index in [-0.39, 0.29) is 21.3 Å². The van der Waals surface area contributed by atoms with Gasteiger partial charge in [0.1, 0.15) is 0 Å². The first-order valence-corrected chi connectivity index (χ1v) is 6.22. The molecule has 92 valence electrons. The Morgan fingerprint density at radius 1 is 1.53 bits per heavy atom. The van der Waals surface area contributed by atoms with Crippen LogP contribution in [-0.2, 0) is 4.79 Å². The monoisotopic (exact) mass is 319 g/mol. The van der Waals surface area contributed by atoms with Gasteiger partial charge in [-0.05, 0) is 24.6 Å². The summed E-state index contributed by atoms with van der Waals surface area (Å²) in [5, 5.41) is 11.6. The van der Waals surface area contributed by atoms with Gasteiger partial charge in [0.05, 0.1) is 15.4 Å². The van der Waals surface area contributed by atoms with E-state index in [1.807, 2.05) is 6.92 Å². The minimum Gasteiger partial charge on any atom is -0.478 e. The Morgan fingerprint density at radius 3 is 2.71 bits per heavy atom. The van der Waals surface area contributed by atoms with Crippen LogP contribution in [0.1, 0.15) is 23.7 Å². The van der Waals surface area contributed by atoms with Crippen LogP contribution < -0.4 is 5.32 Å². The van der Waals surface area contributed by atoms with Crippen LogP contribution in [0.3, 0.4) is 0 Å². The van der Waals surface area contributed by atoms with Crippen molar-refractivity contribution in [2.75, 3.05) is 5.32 Å². The van der Waals surface area contributed by atoms with Crippen molar-refractivity contribution in [3.8, 4) is 0 Å². The van der Waals surface area contributed by atoms with E-state index in [1.54, 1.807) is 6.07 Å². The van der Waals surface area contributed by atoms with E-state index in [4.69, 9.17) is 16.7 Å². The second-order valence-electron chi connectivity index (χ2n) is 3.36. The number of aromatic carboxylic acids is 1. The molecule has 1 amide bonds. The molecule has 0 aliphatic carbocycles. The highest BCUT2D eigenvalue weighted by atomic mass is 79.9. The van der Waals surface area contributed by atoms with Gasteiger partial charge in [-0.25, -0.2) is 4.79 Å². The lowest BCUT2D eigenvalue weighted by atomic mass is 10.2. The predicted molar refractivity (Wildman–Crippen MR) is 70.0 cm³/mol. The Labute approximate surface area is 112 Å². The summed E-state index contributed by atoms with van der Waals surface area (Å²) in [5.74, 6) is -1.34. The molecule has 0 radical (unpaired) electrons. The van der Waals surface area contributed by atoms with E-state index < -0.39 is 5.97 Å². The SMILES string of the molecule is CCC(Br)C(=O)Nc1ccc(Cl)c(C(=O)O)c1. The van der Waals surface area contributed by atoms with Crippen molar-refractivity contribution in [2.45, 2.75) is 18.2 Å². The fraction of sp³-hybridized carbons (Fsp3) is 0.273. The lowest BCUT2D eigenvalue weighted by Gasteiger charge is -2.09. The van der Waals surface area contributed by atoms with E-state index >= 15 is 0 Å². The number of carboxylic acids is 1. The van der Waals surface area contributed by atoms with Gasteiger partial charge in [0.15, 0.2) is 0 Å². The third kappa shape index (κ3) is 3.71. The van der Waals surface area contributed by atoms with Crippen molar-refractivity contribution >= 4 is 45.1 Å². The average Bonchev–Trinajstić information content (AvgIpc) is 2.30. The summed E-state index contributed by atoms with van der Waals surface area (Å²) >= 11 is 8.92. The van der Waals surface area contributed by atoms with Crippen LogP contribution in [0.4, 0.5) is 5.69 Å². The molecule has 0 aliphatic heterocycles. The highest BCUT2D eigenvalue weighted by molar-refractivity contribution is 9.10. The Kier molecular flexibility index (Phi) is 4.96. The maximum Gasteiger partial charge on any atom is 0.337 e. The number of hydrogen-bond acceptors (Lipinski definition) is 2. The third-order valence-corrected chi connectivity index (χ3v) is 3.50. The molecule has 0 aromatic heterocycles. The van der Waals surface area contributed by atoms with Crippen molar-refractivity contribution in [1.82, 2.24) is 0 Å². The molecule has 0 spiro atoms. The topological polar surface area (TPSA) is 66.4 Å². The first kappa shape index (κ1) is 14.0. The first-order valence-electron chi connectivity index (χ1n) is 4.93. The molecule has 4 nitrogen and oxygen atoms in total. The standard InChI is InChI=1S/C11H11BrClNO3/c1-2-8(12)10(15)14-6-3-4-9(13)7(5-6)11(16)17/h3-5,8H,2H2,1H3,(H,14,15)(H,16,17). The zero-order valence-electron chi connectivity index (χ0n) is 9.04. The van der Waals surface area contributed by atoms with E-state index in [0.29, 0.717) is 12.1 Å². The summed E-state index contributed by atoms with van der Waals surface area (Å²) in [4.78, 5) is 22.1. The maximum absolute atomic E-state index is 11.6. The largest absolute Gasteiger partial charge is 0.478 e. The number of nitrogens with one attached hydrogen (secondary N) is 1. The van der Waals surface area contributed by atoms with E-state index in [0.717, 1.165) is 0 Å². The molecular formula is C11H11BrClNO3. The molecule has 2 N–H and O–H groups in total. The number of carbonyl (C=O) groups excluding carboxylic acids is 1. The molecule has 0 bridgehead atoms. The predicted octanol–water partition coefficient (Wildman–Crippen LogP) is 3.15. The van der Waals surface area contributed by atoms with E-state index in [2.05, 4.69) is 21.2 Å². The molecule has 1 unspecified atom stereocenters. The van der Waals surface area contributed by atoms with Gasteiger partial charge in [0.2, 0.25) is 5.91 Å². The fourth-order valence-electron chi connectivity index (χ4n) is 1.17. The normalized spacial score (nSPS) is 11.9. The van der Waals surface area contributed by atoms with Crippen LogP contribution in [-0.4, -0.2) is 21.8 Å². The fourth-order valence-corrected chi connectivity index (χ4v) is 1.49. The number of benzene rings is 1. The van der Waals surface area contributed by atoms with Gasteiger partial charge in [-0.15, -0.1) is 0 Å². The summed E-state index contributed by atoms with van der Waals surface area (Å²) in [5.41, 5.74) is 0.377. The molecule has 1 rings (SSSR count). The van der Waals surface area contributed by atoms with Gasteiger partial charge in [-0.1, -0.05) is 34.5 Å². The number of carboxylic acid groups (broad SMARTS) is 1. The van der Waals surface area contributed by atoms with Crippen LogP contribution in [0.5, 0.6) is 0 Å². The summed E-state index contributed by atoms with van der Waals surface area (Å²) < 4.78 is 0. The molecular weight excluding hydrogens is 309 g/mol. The highest BCUT2D eigenvalue weighted by Crippen LogP contribution is 2.21. The number of rotatable bonds is 4.